The van der Waals surface area contributed by atoms with E-state index in [1.807, 2.05) is 6.92 Å². The van der Waals surface area contributed by atoms with Crippen LogP contribution in [0.2, 0.25) is 0 Å². The molecule has 164 valence electrons. The number of aromatic hydroxyl groups is 1. The zero-order chi connectivity index (χ0) is 22.3. The van der Waals surface area contributed by atoms with Crippen LogP contribution in [-0.4, -0.2) is 38.5 Å². The Hall–Kier alpha value is -3.23. The molecule has 2 aliphatic rings. The molecule has 0 spiro atoms. The van der Waals surface area contributed by atoms with Gasteiger partial charge in [0.1, 0.15) is 17.2 Å². The number of amides is 2. The summed E-state index contributed by atoms with van der Waals surface area (Å²) in [6, 6.07) is 2.88. The van der Waals surface area contributed by atoms with Gasteiger partial charge in [-0.1, -0.05) is 18.9 Å². The van der Waals surface area contributed by atoms with Gasteiger partial charge in [0.05, 0.1) is 6.04 Å². The molecular formula is C22H23F2N3O4. The number of nitrogens with one attached hydrogen (secondary N) is 1. The molecule has 0 bridgehead atoms. The summed E-state index contributed by atoms with van der Waals surface area (Å²) < 4.78 is 28.3. The van der Waals surface area contributed by atoms with E-state index >= 15 is 0 Å². The molecule has 2 N–H and O–H groups in total. The number of carbonyl (C=O) groups excluding carboxylic acids is 2. The second kappa shape index (κ2) is 8.13. The van der Waals surface area contributed by atoms with Crippen LogP contribution in [0, 0.1) is 11.6 Å². The molecule has 1 aromatic carbocycles. The Labute approximate surface area is 177 Å². The minimum absolute atomic E-state index is 0.00293. The zero-order valence-electron chi connectivity index (χ0n) is 17.0. The molecule has 3 heterocycles. The molecule has 1 saturated heterocycles. The number of hydrogen-bond acceptors (Lipinski definition) is 4. The zero-order valence-corrected chi connectivity index (χ0v) is 17.0. The number of rotatable bonds is 3. The van der Waals surface area contributed by atoms with Gasteiger partial charge in [-0.05, 0) is 25.8 Å². The van der Waals surface area contributed by atoms with E-state index in [1.54, 1.807) is 4.90 Å². The topological polar surface area (TPSA) is 91.6 Å². The van der Waals surface area contributed by atoms with Gasteiger partial charge in [0.25, 0.3) is 11.8 Å². The van der Waals surface area contributed by atoms with Crippen LogP contribution in [0.25, 0.3) is 0 Å². The van der Waals surface area contributed by atoms with Crippen molar-refractivity contribution in [1.29, 1.82) is 0 Å². The first-order valence-corrected chi connectivity index (χ1v) is 10.3. The van der Waals surface area contributed by atoms with Crippen molar-refractivity contribution in [2.75, 3.05) is 0 Å². The second-order valence-corrected chi connectivity index (χ2v) is 8.14. The molecule has 2 aromatic rings. The predicted molar refractivity (Wildman–Crippen MR) is 108 cm³/mol. The Morgan fingerprint density at radius 1 is 1.23 bits per heavy atom. The molecule has 0 aliphatic carbocycles. The molecule has 31 heavy (non-hydrogen) atoms. The third-order valence-electron chi connectivity index (χ3n) is 6.08. The number of benzene rings is 1. The van der Waals surface area contributed by atoms with Gasteiger partial charge in [-0.3, -0.25) is 14.4 Å². The lowest BCUT2D eigenvalue weighted by molar-refractivity contribution is 0.0489. The highest BCUT2D eigenvalue weighted by molar-refractivity contribution is 5.99. The van der Waals surface area contributed by atoms with Crippen molar-refractivity contribution in [2.24, 2.45) is 0 Å². The summed E-state index contributed by atoms with van der Waals surface area (Å²) in [5, 5.41) is 12.9. The molecule has 1 aromatic heterocycles. The largest absolute Gasteiger partial charge is 0.503 e. The fourth-order valence-corrected chi connectivity index (χ4v) is 4.47. The van der Waals surface area contributed by atoms with Crippen molar-refractivity contribution in [2.45, 2.75) is 57.8 Å². The van der Waals surface area contributed by atoms with E-state index in [4.69, 9.17) is 0 Å². The van der Waals surface area contributed by atoms with Crippen LogP contribution < -0.4 is 10.7 Å². The smallest absolute Gasteiger partial charge is 0.275 e. The normalized spacial score (nSPS) is 20.6. The molecule has 2 aliphatic heterocycles. The Bertz CT molecular complexity index is 1110. The predicted octanol–water partition coefficient (Wildman–Crippen LogP) is 2.55. The van der Waals surface area contributed by atoms with Crippen LogP contribution in [0.15, 0.2) is 29.2 Å². The van der Waals surface area contributed by atoms with E-state index in [1.165, 1.54) is 16.8 Å². The summed E-state index contributed by atoms with van der Waals surface area (Å²) in [5.41, 5.74) is -1.37. The van der Waals surface area contributed by atoms with Crippen LogP contribution in [0.4, 0.5) is 8.78 Å². The lowest BCUT2D eigenvalue weighted by Gasteiger charge is -2.40. The van der Waals surface area contributed by atoms with E-state index in [2.05, 4.69) is 5.32 Å². The summed E-state index contributed by atoms with van der Waals surface area (Å²) in [6.45, 7) is 2.06. The fourth-order valence-electron chi connectivity index (χ4n) is 4.47. The van der Waals surface area contributed by atoms with Crippen molar-refractivity contribution in [1.82, 2.24) is 14.8 Å². The van der Waals surface area contributed by atoms with Gasteiger partial charge >= 0.3 is 0 Å². The molecular weight excluding hydrogens is 408 g/mol. The van der Waals surface area contributed by atoms with E-state index in [0.717, 1.165) is 31.7 Å². The lowest BCUT2D eigenvalue weighted by Crippen LogP contribution is -2.52. The summed E-state index contributed by atoms with van der Waals surface area (Å²) in [7, 11) is 0. The highest BCUT2D eigenvalue weighted by atomic mass is 19.1. The number of hydrogen-bond donors (Lipinski definition) is 2. The number of carbonyl (C=O) groups is 2. The van der Waals surface area contributed by atoms with Gasteiger partial charge < -0.3 is 19.9 Å². The Morgan fingerprint density at radius 2 is 1.97 bits per heavy atom. The van der Waals surface area contributed by atoms with E-state index < -0.39 is 34.6 Å². The first-order valence-electron chi connectivity index (χ1n) is 10.3. The molecule has 1 fully saturated rings. The Balaban J connectivity index is 1.63. The average molecular weight is 431 g/mol. The fraction of sp³-hybridized carbons (Fsp3) is 0.409. The minimum atomic E-state index is -0.961. The van der Waals surface area contributed by atoms with Crippen LogP contribution >= 0.6 is 0 Å². The number of pyridine rings is 1. The molecule has 9 heteroatoms. The quantitative estimate of drug-likeness (QED) is 0.782. The maximum atomic E-state index is 13.8. The van der Waals surface area contributed by atoms with Crippen molar-refractivity contribution in [3.63, 3.8) is 0 Å². The number of halogens is 2. The molecule has 2 atom stereocenters. The minimum Gasteiger partial charge on any atom is -0.503 e. The number of nitrogens with zero attached hydrogens (tertiary/aromatic N) is 2. The highest BCUT2D eigenvalue weighted by Crippen LogP contribution is 2.31. The molecule has 0 radical (unpaired) electrons. The molecule has 0 unspecified atom stereocenters. The Morgan fingerprint density at radius 3 is 2.71 bits per heavy atom. The summed E-state index contributed by atoms with van der Waals surface area (Å²) in [5.74, 6) is -3.56. The lowest BCUT2D eigenvalue weighted by atomic mass is 10.0. The third-order valence-corrected chi connectivity index (χ3v) is 6.08. The highest BCUT2D eigenvalue weighted by Gasteiger charge is 2.39. The van der Waals surface area contributed by atoms with E-state index in [0.29, 0.717) is 12.6 Å². The summed E-state index contributed by atoms with van der Waals surface area (Å²) >= 11 is 0. The SMILES string of the molecule is C[C@@H]1CCCC[C@H]2Cn3cc(C(=O)NCc4ccc(F)cc4F)c(=O)c(O)c3C(=O)N21. The number of fused-ring (bicyclic) bond motifs is 2. The van der Waals surface area contributed by atoms with Crippen molar-refractivity contribution < 1.29 is 23.5 Å². The molecule has 2 amide bonds. The van der Waals surface area contributed by atoms with Gasteiger partial charge in [0.2, 0.25) is 5.43 Å². The van der Waals surface area contributed by atoms with E-state index in [-0.39, 0.29) is 35.4 Å². The monoisotopic (exact) mass is 431 g/mol. The summed E-state index contributed by atoms with van der Waals surface area (Å²) in [4.78, 5) is 40.1. The third kappa shape index (κ3) is 3.80. The van der Waals surface area contributed by atoms with Crippen molar-refractivity contribution >= 4 is 11.8 Å². The van der Waals surface area contributed by atoms with Gasteiger partial charge in [0.15, 0.2) is 11.4 Å². The van der Waals surface area contributed by atoms with Gasteiger partial charge in [-0.15, -0.1) is 0 Å². The Kier molecular flexibility index (Phi) is 5.51. The first kappa shape index (κ1) is 21.0. The van der Waals surface area contributed by atoms with Gasteiger partial charge in [-0.25, -0.2) is 8.78 Å². The maximum absolute atomic E-state index is 13.8. The summed E-state index contributed by atoms with van der Waals surface area (Å²) in [6.07, 6.45) is 4.89. The van der Waals surface area contributed by atoms with Crippen LogP contribution in [0.5, 0.6) is 5.75 Å². The second-order valence-electron chi connectivity index (χ2n) is 8.14. The van der Waals surface area contributed by atoms with Crippen LogP contribution in [-0.2, 0) is 13.1 Å². The maximum Gasteiger partial charge on any atom is 0.275 e. The standard InChI is InChI=1S/C22H23F2N3O4/c1-12-4-2-3-5-15-10-26-11-16(19(28)20(29)18(26)22(31)27(12)15)21(30)25-9-13-6-7-14(23)8-17(13)24/h6-8,11-12,15,29H,2-5,9-10H2,1H3,(H,25,30)/t12-,15+/m1/s1. The van der Waals surface area contributed by atoms with Crippen molar-refractivity contribution in [3.8, 4) is 5.75 Å². The first-order chi connectivity index (χ1) is 14.8. The average Bonchev–Trinajstić information content (AvgIpc) is 2.91. The van der Waals surface area contributed by atoms with E-state index in [9.17, 15) is 28.3 Å². The van der Waals surface area contributed by atoms with Gasteiger partial charge in [-0.2, -0.15) is 0 Å². The molecule has 0 saturated carbocycles. The van der Waals surface area contributed by atoms with Crippen molar-refractivity contribution in [3.05, 3.63) is 63.1 Å². The van der Waals surface area contributed by atoms with Crippen LogP contribution in [0.1, 0.15) is 59.0 Å². The number of aromatic nitrogens is 1. The van der Waals surface area contributed by atoms with Crippen LogP contribution in [0.3, 0.4) is 0 Å². The molecule has 7 nitrogen and oxygen atoms in total. The molecule has 4 rings (SSSR count). The van der Waals surface area contributed by atoms with Gasteiger partial charge in [0, 0.05) is 37.0 Å².